The Bertz CT molecular complexity index is 1430. The maximum absolute atomic E-state index is 13.9. The van der Waals surface area contributed by atoms with Crippen molar-refractivity contribution < 1.29 is 14.3 Å². The van der Waals surface area contributed by atoms with E-state index in [1.54, 1.807) is 6.92 Å². The Morgan fingerprint density at radius 2 is 1.63 bits per heavy atom. The summed E-state index contributed by atoms with van der Waals surface area (Å²) < 4.78 is 5.92. The van der Waals surface area contributed by atoms with Crippen LogP contribution in [-0.2, 0) is 22.6 Å². The fraction of sp³-hybridized carbons (Fsp3) is 0.375. The van der Waals surface area contributed by atoms with Crippen molar-refractivity contribution in [3.63, 3.8) is 0 Å². The number of amides is 3. The molecule has 2 atom stereocenters. The molecule has 2 heterocycles. The Balaban J connectivity index is 1.27. The fourth-order valence-corrected chi connectivity index (χ4v) is 8.56. The van der Waals surface area contributed by atoms with Gasteiger partial charge in [0.05, 0.1) is 10.8 Å². The lowest BCUT2D eigenvalue weighted by molar-refractivity contribution is -0.130. The maximum atomic E-state index is 13.9. The molecule has 6 rings (SSSR count). The molecule has 3 aliphatic rings. The topological polar surface area (TPSA) is 53.1 Å². The molecule has 3 aromatic rings. The summed E-state index contributed by atoms with van der Waals surface area (Å²) in [6.45, 7) is 4.93. The molecule has 0 bridgehead atoms. The normalized spacial score (nSPS) is 21.8. The summed E-state index contributed by atoms with van der Waals surface area (Å²) in [5, 5.41) is 1.19. The number of ether oxygens (including phenoxy) is 1. The summed E-state index contributed by atoms with van der Waals surface area (Å²) in [5.41, 5.74) is 3.32. The van der Waals surface area contributed by atoms with Crippen LogP contribution in [0.2, 0.25) is 10.0 Å². The van der Waals surface area contributed by atoms with Gasteiger partial charge in [-0.25, -0.2) is 4.79 Å². The molecular formula is C32H33Cl2N3O3S. The molecule has 0 aromatic heterocycles. The highest BCUT2D eigenvalue weighted by molar-refractivity contribution is 8.00. The molecule has 6 nitrogen and oxygen atoms in total. The summed E-state index contributed by atoms with van der Waals surface area (Å²) in [5.74, 6) is 0.853. The largest absolute Gasteiger partial charge is 0.489 e. The summed E-state index contributed by atoms with van der Waals surface area (Å²) in [7, 11) is 0. The van der Waals surface area contributed by atoms with E-state index in [1.807, 2.05) is 51.9 Å². The van der Waals surface area contributed by atoms with Crippen LogP contribution in [0.5, 0.6) is 5.75 Å². The second kappa shape index (κ2) is 11.8. The number of nitrogens with zero attached hydrogens (tertiary/aromatic N) is 3. The van der Waals surface area contributed by atoms with E-state index in [4.69, 9.17) is 27.9 Å². The van der Waals surface area contributed by atoms with Gasteiger partial charge in [0.25, 0.3) is 0 Å². The fourth-order valence-electron chi connectivity index (χ4n) is 6.46. The van der Waals surface area contributed by atoms with Crippen LogP contribution in [0.25, 0.3) is 0 Å². The molecule has 214 valence electrons. The van der Waals surface area contributed by atoms with E-state index in [1.165, 1.54) is 16.0 Å². The van der Waals surface area contributed by atoms with Gasteiger partial charge in [-0.05, 0) is 66.8 Å². The van der Waals surface area contributed by atoms with Gasteiger partial charge in [-0.1, -0.05) is 53.5 Å². The van der Waals surface area contributed by atoms with E-state index < -0.39 is 0 Å². The number of hydrogen-bond acceptors (Lipinski definition) is 4. The molecule has 0 spiro atoms. The standard InChI is InChI=1S/C32H33Cl2N3O3S/c1-22(38)35-16-18-36(19-17-35)31(39)37-15-14-32(41-25-6-3-2-4-7-25)27-12-11-24(20-23(27)10-13-30(32)37)40-21-26-28(33)8-5-9-29(26)34/h2-9,11-12,20,30H,10,13-19,21H2,1H3. The number of halogens is 2. The Kier molecular flexibility index (Phi) is 8.12. The lowest BCUT2D eigenvalue weighted by atomic mass is 9.78. The summed E-state index contributed by atoms with van der Waals surface area (Å²) in [6.07, 6.45) is 2.62. The molecule has 1 aliphatic carbocycles. The quantitative estimate of drug-likeness (QED) is 0.317. The second-order valence-electron chi connectivity index (χ2n) is 10.9. The van der Waals surface area contributed by atoms with Crippen molar-refractivity contribution in [2.24, 2.45) is 0 Å². The van der Waals surface area contributed by atoms with Gasteiger partial charge in [-0.3, -0.25) is 4.79 Å². The third-order valence-electron chi connectivity index (χ3n) is 8.59. The molecule has 2 unspecified atom stereocenters. The van der Waals surface area contributed by atoms with Gasteiger partial charge in [-0.2, -0.15) is 0 Å². The van der Waals surface area contributed by atoms with Crippen molar-refractivity contribution in [2.75, 3.05) is 32.7 Å². The minimum absolute atomic E-state index is 0.0683. The highest BCUT2D eigenvalue weighted by Crippen LogP contribution is 2.56. The lowest BCUT2D eigenvalue weighted by Crippen LogP contribution is -2.56. The van der Waals surface area contributed by atoms with Gasteiger partial charge in [0, 0.05) is 60.2 Å². The minimum Gasteiger partial charge on any atom is -0.489 e. The molecule has 3 amide bonds. The monoisotopic (exact) mass is 609 g/mol. The number of urea groups is 1. The van der Waals surface area contributed by atoms with Gasteiger partial charge in [0.1, 0.15) is 12.4 Å². The predicted octanol–water partition coefficient (Wildman–Crippen LogP) is 6.86. The lowest BCUT2D eigenvalue weighted by Gasteiger charge is -2.44. The van der Waals surface area contributed by atoms with Crippen molar-refractivity contribution in [1.82, 2.24) is 14.7 Å². The zero-order valence-electron chi connectivity index (χ0n) is 23.0. The zero-order valence-corrected chi connectivity index (χ0v) is 25.4. The molecule has 3 aromatic carbocycles. The summed E-state index contributed by atoms with van der Waals surface area (Å²) in [6, 6.07) is 22.5. The number of carbonyl (C=O) groups is 2. The number of aryl methyl sites for hydroxylation is 1. The molecule has 2 saturated heterocycles. The second-order valence-corrected chi connectivity index (χ2v) is 13.1. The first-order valence-electron chi connectivity index (χ1n) is 14.1. The van der Waals surface area contributed by atoms with Crippen molar-refractivity contribution in [3.05, 3.63) is 93.5 Å². The van der Waals surface area contributed by atoms with E-state index in [2.05, 4.69) is 41.3 Å². The molecule has 41 heavy (non-hydrogen) atoms. The highest BCUT2D eigenvalue weighted by Gasteiger charge is 2.54. The number of benzene rings is 3. The van der Waals surface area contributed by atoms with Crippen molar-refractivity contribution in [1.29, 1.82) is 0 Å². The number of piperazine rings is 1. The third kappa shape index (κ3) is 5.52. The van der Waals surface area contributed by atoms with Crippen molar-refractivity contribution in [3.8, 4) is 5.75 Å². The van der Waals surface area contributed by atoms with Crippen LogP contribution in [0.4, 0.5) is 4.79 Å². The zero-order chi connectivity index (χ0) is 28.6. The number of likely N-dealkylation sites (tertiary alicyclic amines) is 1. The van der Waals surface area contributed by atoms with Crippen LogP contribution in [0.15, 0.2) is 71.6 Å². The summed E-state index contributed by atoms with van der Waals surface area (Å²) >= 11 is 14.6. The van der Waals surface area contributed by atoms with E-state index >= 15 is 0 Å². The Morgan fingerprint density at radius 1 is 0.927 bits per heavy atom. The number of rotatable bonds is 5. The Morgan fingerprint density at radius 3 is 2.34 bits per heavy atom. The Labute approximate surface area is 255 Å². The molecule has 2 aliphatic heterocycles. The number of hydrogen-bond donors (Lipinski definition) is 0. The van der Waals surface area contributed by atoms with Crippen LogP contribution in [0.3, 0.4) is 0 Å². The molecule has 9 heteroatoms. The van der Waals surface area contributed by atoms with E-state index in [9.17, 15) is 9.59 Å². The van der Waals surface area contributed by atoms with Gasteiger partial charge in [-0.15, -0.1) is 11.8 Å². The molecule has 0 radical (unpaired) electrons. The molecule has 2 fully saturated rings. The first-order valence-corrected chi connectivity index (χ1v) is 15.7. The minimum atomic E-state index is -0.254. The van der Waals surface area contributed by atoms with Gasteiger partial charge >= 0.3 is 6.03 Å². The van der Waals surface area contributed by atoms with Crippen molar-refractivity contribution >= 4 is 46.9 Å². The molecule has 0 N–H and O–H groups in total. The van der Waals surface area contributed by atoms with Gasteiger partial charge < -0.3 is 19.4 Å². The average molecular weight is 611 g/mol. The van der Waals surface area contributed by atoms with Gasteiger partial charge in [0.15, 0.2) is 0 Å². The average Bonchev–Trinajstić information content (AvgIpc) is 3.36. The highest BCUT2D eigenvalue weighted by atomic mass is 35.5. The van der Waals surface area contributed by atoms with Crippen LogP contribution in [0, 0.1) is 0 Å². The number of thioether (sulfide) groups is 1. The third-order valence-corrected chi connectivity index (χ3v) is 10.9. The first kappa shape index (κ1) is 28.3. The predicted molar refractivity (Wildman–Crippen MR) is 164 cm³/mol. The molecule has 0 saturated carbocycles. The first-order chi connectivity index (χ1) is 19.9. The van der Waals surface area contributed by atoms with Crippen LogP contribution < -0.4 is 4.74 Å². The smallest absolute Gasteiger partial charge is 0.320 e. The van der Waals surface area contributed by atoms with Crippen LogP contribution in [-0.4, -0.2) is 65.4 Å². The van der Waals surface area contributed by atoms with Crippen molar-refractivity contribution in [2.45, 2.75) is 48.5 Å². The van der Waals surface area contributed by atoms with Crippen LogP contribution >= 0.6 is 35.0 Å². The molecular weight excluding hydrogens is 577 g/mol. The van der Waals surface area contributed by atoms with E-state index in [0.717, 1.165) is 30.6 Å². The van der Waals surface area contributed by atoms with Gasteiger partial charge in [0.2, 0.25) is 5.91 Å². The maximum Gasteiger partial charge on any atom is 0.320 e. The number of fused-ring (bicyclic) bond motifs is 3. The van der Waals surface area contributed by atoms with E-state index in [0.29, 0.717) is 49.4 Å². The summed E-state index contributed by atoms with van der Waals surface area (Å²) in [4.78, 5) is 32.7. The SMILES string of the molecule is CC(=O)N1CCN(C(=O)N2CCC3(Sc4ccccc4)c4ccc(OCc5c(Cl)cccc5Cl)cc4CCC23)CC1. The number of carbonyl (C=O) groups excluding carboxylic acids is 2. The van der Waals surface area contributed by atoms with E-state index in [-0.39, 0.29) is 22.7 Å². The van der Waals surface area contributed by atoms with Crippen LogP contribution in [0.1, 0.15) is 36.5 Å². The Hall–Kier alpha value is -2.87.